The maximum absolute atomic E-state index is 12.6. The number of methoxy groups -OCH3 is 1. The third-order valence-corrected chi connectivity index (χ3v) is 7.37. The number of hydrogen-bond acceptors (Lipinski definition) is 7. The predicted octanol–water partition coefficient (Wildman–Crippen LogP) is 6.73. The van der Waals surface area contributed by atoms with Crippen LogP contribution in [-0.4, -0.2) is 39.7 Å². The SMILES string of the molecule is COc1cc(/C=N\NC(=O)CSc2nnc(-c3ccc(Cl)cc3)n2-c2ccc(C)cc2)ccc1OCc1ccccc1. The first kappa shape index (κ1) is 28.9. The predicted molar refractivity (Wildman–Crippen MR) is 167 cm³/mol. The molecule has 212 valence electrons. The van der Waals surface area contributed by atoms with Crippen molar-refractivity contribution in [3.63, 3.8) is 0 Å². The van der Waals surface area contributed by atoms with Gasteiger partial charge in [-0.05, 0) is 72.6 Å². The Morgan fingerprint density at radius 1 is 0.976 bits per heavy atom. The molecule has 5 aromatic rings. The van der Waals surface area contributed by atoms with Crippen LogP contribution in [0.5, 0.6) is 11.5 Å². The summed E-state index contributed by atoms with van der Waals surface area (Å²) in [5, 5.41) is 14.1. The number of nitrogens with one attached hydrogen (secondary N) is 1. The first-order valence-electron chi connectivity index (χ1n) is 13.1. The van der Waals surface area contributed by atoms with Crippen LogP contribution in [0, 0.1) is 6.92 Å². The van der Waals surface area contributed by atoms with Gasteiger partial charge in [0.1, 0.15) is 6.61 Å². The van der Waals surface area contributed by atoms with E-state index in [1.165, 1.54) is 11.8 Å². The van der Waals surface area contributed by atoms with E-state index in [9.17, 15) is 4.79 Å². The number of hydrogen-bond donors (Lipinski definition) is 1. The molecule has 42 heavy (non-hydrogen) atoms. The molecule has 0 radical (unpaired) electrons. The van der Waals surface area contributed by atoms with Crippen LogP contribution >= 0.6 is 23.4 Å². The lowest BCUT2D eigenvalue weighted by molar-refractivity contribution is -0.118. The highest BCUT2D eigenvalue weighted by Crippen LogP contribution is 2.30. The van der Waals surface area contributed by atoms with Gasteiger partial charge < -0.3 is 9.47 Å². The third kappa shape index (κ3) is 7.37. The summed E-state index contributed by atoms with van der Waals surface area (Å²) in [5.74, 6) is 1.66. The largest absolute Gasteiger partial charge is 0.493 e. The highest BCUT2D eigenvalue weighted by Gasteiger charge is 2.17. The number of amides is 1. The Morgan fingerprint density at radius 2 is 1.74 bits per heavy atom. The molecule has 1 amide bonds. The first-order valence-corrected chi connectivity index (χ1v) is 14.4. The zero-order chi connectivity index (χ0) is 29.3. The Hall–Kier alpha value is -4.60. The number of aromatic nitrogens is 3. The number of thioether (sulfide) groups is 1. The smallest absolute Gasteiger partial charge is 0.250 e. The second-order valence-corrected chi connectivity index (χ2v) is 10.6. The van der Waals surface area contributed by atoms with Gasteiger partial charge in [0.2, 0.25) is 0 Å². The fourth-order valence-electron chi connectivity index (χ4n) is 4.04. The monoisotopic (exact) mass is 597 g/mol. The summed E-state index contributed by atoms with van der Waals surface area (Å²) < 4.78 is 13.3. The Balaban J connectivity index is 1.23. The summed E-state index contributed by atoms with van der Waals surface area (Å²) >= 11 is 7.36. The number of hydrazone groups is 1. The van der Waals surface area contributed by atoms with E-state index in [1.54, 1.807) is 19.4 Å². The minimum absolute atomic E-state index is 0.0948. The van der Waals surface area contributed by atoms with Crippen molar-refractivity contribution in [2.24, 2.45) is 5.10 Å². The molecule has 0 aliphatic heterocycles. The molecule has 0 fully saturated rings. The van der Waals surface area contributed by atoms with Crippen LogP contribution in [0.15, 0.2) is 107 Å². The van der Waals surface area contributed by atoms with Crippen LogP contribution in [0.3, 0.4) is 0 Å². The first-order chi connectivity index (χ1) is 20.5. The lowest BCUT2D eigenvalue weighted by Gasteiger charge is -2.11. The molecule has 0 spiro atoms. The quantitative estimate of drug-likeness (QED) is 0.103. The van der Waals surface area contributed by atoms with Gasteiger partial charge in [0, 0.05) is 16.3 Å². The zero-order valence-corrected chi connectivity index (χ0v) is 24.6. The van der Waals surface area contributed by atoms with Crippen LogP contribution < -0.4 is 14.9 Å². The van der Waals surface area contributed by atoms with Gasteiger partial charge in [-0.3, -0.25) is 9.36 Å². The minimum Gasteiger partial charge on any atom is -0.493 e. The Bertz CT molecular complexity index is 1670. The van der Waals surface area contributed by atoms with E-state index < -0.39 is 0 Å². The van der Waals surface area contributed by atoms with E-state index in [4.69, 9.17) is 21.1 Å². The van der Waals surface area contributed by atoms with Crippen molar-refractivity contribution in [2.45, 2.75) is 18.7 Å². The second kappa shape index (κ2) is 13.8. The molecule has 5 rings (SSSR count). The summed E-state index contributed by atoms with van der Waals surface area (Å²) in [7, 11) is 1.58. The van der Waals surface area contributed by atoms with Crippen molar-refractivity contribution in [1.29, 1.82) is 0 Å². The van der Waals surface area contributed by atoms with Gasteiger partial charge in [-0.15, -0.1) is 10.2 Å². The average molecular weight is 598 g/mol. The number of aryl methyl sites for hydroxylation is 1. The summed E-state index contributed by atoms with van der Waals surface area (Å²) in [6, 6.07) is 30.8. The van der Waals surface area contributed by atoms with Gasteiger partial charge in [-0.1, -0.05) is 71.4 Å². The zero-order valence-electron chi connectivity index (χ0n) is 23.0. The van der Waals surface area contributed by atoms with Crippen molar-refractivity contribution < 1.29 is 14.3 Å². The lowest BCUT2D eigenvalue weighted by atomic mass is 10.2. The minimum atomic E-state index is -0.280. The van der Waals surface area contributed by atoms with E-state index in [0.717, 1.165) is 27.9 Å². The summed E-state index contributed by atoms with van der Waals surface area (Å²) in [4.78, 5) is 12.6. The Morgan fingerprint density at radius 3 is 2.48 bits per heavy atom. The van der Waals surface area contributed by atoms with Crippen LogP contribution in [0.1, 0.15) is 16.7 Å². The standard InChI is InChI=1S/C32H28ClN5O3S/c1-22-8-15-27(16-9-22)38-31(25-11-13-26(33)14-12-25)36-37-32(38)42-21-30(39)35-34-19-24-10-17-28(29(18-24)40-2)41-20-23-6-4-3-5-7-23/h3-19H,20-21H2,1-2H3,(H,35,39)/b34-19-. The van der Waals surface area contributed by atoms with Gasteiger partial charge in [0.05, 0.1) is 19.1 Å². The molecule has 10 heteroatoms. The van der Waals surface area contributed by atoms with E-state index >= 15 is 0 Å². The molecule has 0 saturated carbocycles. The fourth-order valence-corrected chi connectivity index (χ4v) is 4.91. The molecule has 1 aromatic heterocycles. The molecule has 1 heterocycles. The molecule has 0 atom stereocenters. The number of carbonyl (C=O) groups is 1. The second-order valence-electron chi connectivity index (χ2n) is 9.25. The maximum Gasteiger partial charge on any atom is 0.250 e. The van der Waals surface area contributed by atoms with Crippen molar-refractivity contribution >= 4 is 35.5 Å². The normalized spacial score (nSPS) is 11.0. The van der Waals surface area contributed by atoms with E-state index in [1.807, 2.05) is 102 Å². The van der Waals surface area contributed by atoms with Crippen LogP contribution in [0.2, 0.25) is 5.02 Å². The van der Waals surface area contributed by atoms with Crippen LogP contribution in [0.4, 0.5) is 0 Å². The number of nitrogens with zero attached hydrogens (tertiary/aromatic N) is 4. The molecule has 8 nitrogen and oxygen atoms in total. The number of ether oxygens (including phenoxy) is 2. The maximum atomic E-state index is 12.6. The van der Waals surface area contributed by atoms with E-state index in [0.29, 0.717) is 34.1 Å². The summed E-state index contributed by atoms with van der Waals surface area (Å²) in [6.45, 7) is 2.46. The third-order valence-electron chi connectivity index (χ3n) is 6.19. The molecule has 0 unspecified atom stereocenters. The topological polar surface area (TPSA) is 90.6 Å². The molecule has 1 N–H and O–H groups in total. The molecule has 0 aliphatic carbocycles. The van der Waals surface area contributed by atoms with Gasteiger partial charge in [-0.25, -0.2) is 5.43 Å². The van der Waals surface area contributed by atoms with Crippen LogP contribution in [-0.2, 0) is 11.4 Å². The molecule has 4 aromatic carbocycles. The average Bonchev–Trinajstić information content (AvgIpc) is 3.44. The molecular weight excluding hydrogens is 570 g/mol. The van der Waals surface area contributed by atoms with Gasteiger partial charge in [-0.2, -0.15) is 5.10 Å². The van der Waals surface area contributed by atoms with Crippen LogP contribution in [0.25, 0.3) is 17.1 Å². The van der Waals surface area contributed by atoms with Gasteiger partial charge in [0.25, 0.3) is 5.91 Å². The molecular formula is C32H28ClN5O3S. The molecule has 0 aliphatic rings. The van der Waals surface area contributed by atoms with Gasteiger partial charge >= 0.3 is 0 Å². The summed E-state index contributed by atoms with van der Waals surface area (Å²) in [5.41, 5.74) is 7.27. The number of carbonyl (C=O) groups excluding carboxylic acids is 1. The van der Waals surface area contributed by atoms with E-state index in [-0.39, 0.29) is 11.7 Å². The van der Waals surface area contributed by atoms with Crippen molar-refractivity contribution in [1.82, 2.24) is 20.2 Å². The Labute approximate surface area is 253 Å². The molecule has 0 saturated heterocycles. The van der Waals surface area contributed by atoms with E-state index in [2.05, 4.69) is 20.7 Å². The number of benzene rings is 4. The molecule has 0 bridgehead atoms. The lowest BCUT2D eigenvalue weighted by Crippen LogP contribution is -2.20. The summed E-state index contributed by atoms with van der Waals surface area (Å²) in [6.07, 6.45) is 1.56. The van der Waals surface area contributed by atoms with Crippen molar-refractivity contribution in [2.75, 3.05) is 12.9 Å². The highest BCUT2D eigenvalue weighted by molar-refractivity contribution is 7.99. The van der Waals surface area contributed by atoms with Crippen molar-refractivity contribution in [3.8, 4) is 28.6 Å². The number of rotatable bonds is 11. The number of halogens is 1. The fraction of sp³-hybridized carbons (Fsp3) is 0.125. The van der Waals surface area contributed by atoms with Gasteiger partial charge in [0.15, 0.2) is 22.5 Å². The highest BCUT2D eigenvalue weighted by atomic mass is 35.5. The Kier molecular flexibility index (Phi) is 9.53. The van der Waals surface area contributed by atoms with Crippen molar-refractivity contribution in [3.05, 3.63) is 119 Å².